The van der Waals surface area contributed by atoms with Crippen LogP contribution in [0.5, 0.6) is 0 Å². The van der Waals surface area contributed by atoms with Gasteiger partial charge >= 0.3 is 5.97 Å². The van der Waals surface area contributed by atoms with Crippen molar-refractivity contribution in [2.75, 3.05) is 12.0 Å². The molecule has 0 aliphatic rings. The van der Waals surface area contributed by atoms with Gasteiger partial charge in [0, 0.05) is 12.4 Å². The van der Waals surface area contributed by atoms with Crippen molar-refractivity contribution in [3.63, 3.8) is 0 Å². The van der Waals surface area contributed by atoms with E-state index in [9.17, 15) is 4.79 Å². The lowest BCUT2D eigenvalue weighted by molar-refractivity contribution is -0.134. The average molecular weight is 296 g/mol. The quantitative estimate of drug-likeness (QED) is 0.503. The zero-order valence-corrected chi connectivity index (χ0v) is 12.1. The number of nitrogens with one attached hydrogen (secondary N) is 1. The topological polar surface area (TPSA) is 76.5 Å². The Morgan fingerprint density at radius 2 is 1.95 bits per heavy atom. The Kier molecular flexibility index (Phi) is 5.80. The number of ether oxygens (including phenoxy) is 1. The Labute approximate surface area is 128 Å². The summed E-state index contributed by atoms with van der Waals surface area (Å²) >= 11 is 0. The molecule has 0 unspecified atom stereocenters. The third-order valence-electron chi connectivity index (χ3n) is 2.56. The fourth-order valence-corrected chi connectivity index (χ4v) is 1.56. The molecule has 0 aliphatic heterocycles. The number of carbonyl (C=O) groups excluding carboxylic acids is 1. The molecule has 0 saturated heterocycles. The first-order chi connectivity index (χ1) is 10.8. The van der Waals surface area contributed by atoms with Crippen molar-refractivity contribution in [3.05, 3.63) is 60.4 Å². The Hall–Kier alpha value is -3.02. The van der Waals surface area contributed by atoms with E-state index in [4.69, 9.17) is 4.74 Å². The van der Waals surface area contributed by atoms with E-state index in [1.165, 1.54) is 0 Å². The first-order valence-electron chi connectivity index (χ1n) is 6.80. The molecule has 0 aliphatic carbocycles. The summed E-state index contributed by atoms with van der Waals surface area (Å²) in [5, 5.41) is 4.01. The number of hydrogen-bond acceptors (Lipinski definition) is 6. The minimum atomic E-state index is -0.516. The normalized spacial score (nSPS) is 11.4. The molecule has 0 radical (unpaired) electrons. The van der Waals surface area contributed by atoms with Crippen LogP contribution < -0.4 is 5.43 Å². The molecule has 1 N–H and O–H groups in total. The molecule has 6 nitrogen and oxygen atoms in total. The molecule has 0 saturated carbocycles. The van der Waals surface area contributed by atoms with Crippen LogP contribution in [0.25, 0.3) is 6.08 Å². The van der Waals surface area contributed by atoms with Gasteiger partial charge in [-0.2, -0.15) is 5.10 Å². The molecule has 6 heteroatoms. The van der Waals surface area contributed by atoms with E-state index in [1.54, 1.807) is 37.5 Å². The van der Waals surface area contributed by atoms with E-state index in [0.29, 0.717) is 5.95 Å². The van der Waals surface area contributed by atoms with Crippen LogP contribution in [0.15, 0.2) is 60.0 Å². The summed E-state index contributed by atoms with van der Waals surface area (Å²) in [4.78, 5) is 19.8. The second kappa shape index (κ2) is 8.31. The number of aromatic nitrogens is 2. The zero-order chi connectivity index (χ0) is 15.6. The summed E-state index contributed by atoms with van der Waals surface area (Å²) in [6.07, 6.45) is 6.52. The number of hydrazone groups is 1. The summed E-state index contributed by atoms with van der Waals surface area (Å²) in [6.45, 7) is 2.02. The summed E-state index contributed by atoms with van der Waals surface area (Å²) in [6, 6.07) is 11.3. The van der Waals surface area contributed by atoms with Crippen LogP contribution >= 0.6 is 0 Å². The van der Waals surface area contributed by atoms with Gasteiger partial charge in [-0.25, -0.2) is 20.2 Å². The van der Waals surface area contributed by atoms with Crippen molar-refractivity contribution in [2.24, 2.45) is 5.10 Å². The van der Waals surface area contributed by atoms with Crippen molar-refractivity contribution in [2.45, 2.75) is 6.92 Å². The fraction of sp³-hybridized carbons (Fsp3) is 0.125. The van der Waals surface area contributed by atoms with E-state index < -0.39 is 5.97 Å². The highest BCUT2D eigenvalue weighted by molar-refractivity contribution is 6.42. The highest BCUT2D eigenvalue weighted by atomic mass is 16.5. The fourth-order valence-electron chi connectivity index (χ4n) is 1.56. The molecule has 2 rings (SSSR count). The van der Waals surface area contributed by atoms with Gasteiger partial charge in [0.2, 0.25) is 5.95 Å². The summed E-state index contributed by atoms with van der Waals surface area (Å²) < 4.78 is 4.98. The molecular formula is C16H16N4O2. The van der Waals surface area contributed by atoms with E-state index >= 15 is 0 Å². The van der Waals surface area contributed by atoms with E-state index in [-0.39, 0.29) is 12.3 Å². The van der Waals surface area contributed by atoms with Gasteiger partial charge in [-0.3, -0.25) is 0 Å². The molecule has 22 heavy (non-hydrogen) atoms. The predicted molar refractivity (Wildman–Crippen MR) is 85.2 cm³/mol. The number of hydrogen-bond donors (Lipinski definition) is 1. The number of carbonyl (C=O) groups is 1. The maximum atomic E-state index is 11.9. The lowest BCUT2D eigenvalue weighted by Gasteiger charge is -2.03. The first-order valence-corrected chi connectivity index (χ1v) is 6.80. The van der Waals surface area contributed by atoms with Crippen LogP contribution in [-0.4, -0.2) is 28.3 Å². The van der Waals surface area contributed by atoms with Crippen LogP contribution in [0.2, 0.25) is 0 Å². The highest BCUT2D eigenvalue weighted by Crippen LogP contribution is 2.03. The second-order valence-corrected chi connectivity index (χ2v) is 4.15. The van der Waals surface area contributed by atoms with Gasteiger partial charge in [0.15, 0.2) is 5.71 Å². The molecule has 1 aromatic heterocycles. The van der Waals surface area contributed by atoms with Crippen LogP contribution in [0.3, 0.4) is 0 Å². The third kappa shape index (κ3) is 4.82. The Balaban J connectivity index is 2.15. The van der Waals surface area contributed by atoms with Crippen molar-refractivity contribution in [1.82, 2.24) is 9.97 Å². The smallest absolute Gasteiger partial charge is 0.358 e. The average Bonchev–Trinajstić information content (AvgIpc) is 2.57. The molecule has 0 amide bonds. The van der Waals surface area contributed by atoms with Gasteiger partial charge in [0.1, 0.15) is 0 Å². The van der Waals surface area contributed by atoms with Gasteiger partial charge in [0.05, 0.1) is 6.61 Å². The monoisotopic (exact) mass is 296 g/mol. The predicted octanol–water partition coefficient (Wildman–Crippen LogP) is 2.52. The number of rotatable bonds is 6. The number of benzene rings is 1. The van der Waals surface area contributed by atoms with Crippen LogP contribution in [0, 0.1) is 0 Å². The molecule has 2 aromatic rings. The summed E-state index contributed by atoms with van der Waals surface area (Å²) in [7, 11) is 0. The third-order valence-corrected chi connectivity index (χ3v) is 2.56. The minimum absolute atomic E-state index is 0.137. The first kappa shape index (κ1) is 15.4. The minimum Gasteiger partial charge on any atom is -0.461 e. The van der Waals surface area contributed by atoms with Gasteiger partial charge in [-0.05, 0) is 24.6 Å². The Bertz CT molecular complexity index is 654. The molecule has 112 valence electrons. The Morgan fingerprint density at radius 1 is 1.23 bits per heavy atom. The SMILES string of the molecule is CCOC(=O)C(/C=C/c1ccccc1)=N/Nc1ncccn1. The molecule has 0 spiro atoms. The Morgan fingerprint density at radius 3 is 2.64 bits per heavy atom. The molecular weight excluding hydrogens is 280 g/mol. The van der Waals surface area contributed by atoms with Crippen LogP contribution in [0.4, 0.5) is 5.95 Å². The molecule has 0 fully saturated rings. The second-order valence-electron chi connectivity index (χ2n) is 4.15. The molecule has 0 bridgehead atoms. The maximum Gasteiger partial charge on any atom is 0.358 e. The molecule has 0 atom stereocenters. The van der Waals surface area contributed by atoms with Crippen molar-refractivity contribution >= 4 is 23.7 Å². The zero-order valence-electron chi connectivity index (χ0n) is 12.1. The summed E-state index contributed by atoms with van der Waals surface area (Å²) in [5.41, 5.74) is 3.73. The summed E-state index contributed by atoms with van der Waals surface area (Å²) in [5.74, 6) is -0.212. The van der Waals surface area contributed by atoms with E-state index in [1.807, 2.05) is 30.3 Å². The molecule has 1 heterocycles. The van der Waals surface area contributed by atoms with Gasteiger partial charge in [-0.1, -0.05) is 36.4 Å². The number of nitrogens with zero attached hydrogens (tertiary/aromatic N) is 3. The maximum absolute atomic E-state index is 11.9. The standard InChI is InChI=1S/C16H16N4O2/c1-2-22-15(21)14(10-9-13-7-4-3-5-8-13)19-20-16-17-11-6-12-18-16/h3-12H,2H2,1H3,(H,17,18,20)/b10-9+,19-14+. The van der Waals surface area contributed by atoms with Crippen LogP contribution in [-0.2, 0) is 9.53 Å². The number of esters is 1. The van der Waals surface area contributed by atoms with Gasteiger partial charge in [0.25, 0.3) is 0 Å². The van der Waals surface area contributed by atoms with Crippen molar-refractivity contribution in [3.8, 4) is 0 Å². The lowest BCUT2D eigenvalue weighted by Crippen LogP contribution is -2.17. The lowest BCUT2D eigenvalue weighted by atomic mass is 10.2. The molecule has 1 aromatic carbocycles. The number of anilines is 1. The van der Waals surface area contributed by atoms with E-state index in [2.05, 4.69) is 20.5 Å². The van der Waals surface area contributed by atoms with Crippen molar-refractivity contribution in [1.29, 1.82) is 0 Å². The van der Waals surface area contributed by atoms with Gasteiger partial charge < -0.3 is 4.74 Å². The van der Waals surface area contributed by atoms with E-state index in [0.717, 1.165) is 5.56 Å². The van der Waals surface area contributed by atoms with Crippen molar-refractivity contribution < 1.29 is 9.53 Å². The van der Waals surface area contributed by atoms with Crippen LogP contribution in [0.1, 0.15) is 12.5 Å². The van der Waals surface area contributed by atoms with Gasteiger partial charge in [-0.15, -0.1) is 0 Å². The highest BCUT2D eigenvalue weighted by Gasteiger charge is 2.09. The largest absolute Gasteiger partial charge is 0.461 e.